The number of sulfonamides is 1. The fraction of sp³-hybridized carbons (Fsp3) is 0.500. The molecular weight excluding hydrogens is 271 g/mol. The maximum absolute atomic E-state index is 13.6. The number of halogens is 1. The molecule has 1 aliphatic carbocycles. The first-order chi connectivity index (χ1) is 8.88. The number of hydrogen-bond donors (Lipinski definition) is 2. The van der Waals surface area contributed by atoms with Crippen molar-refractivity contribution in [1.82, 2.24) is 4.72 Å². The molecule has 0 bridgehead atoms. The van der Waals surface area contributed by atoms with Crippen molar-refractivity contribution >= 4 is 15.7 Å². The van der Waals surface area contributed by atoms with Crippen molar-refractivity contribution in [1.29, 1.82) is 0 Å². The van der Waals surface area contributed by atoms with Gasteiger partial charge in [0.25, 0.3) is 0 Å². The van der Waals surface area contributed by atoms with Gasteiger partial charge in [0.2, 0.25) is 10.0 Å². The Balaban J connectivity index is 2.14. The third-order valence-corrected chi connectivity index (χ3v) is 4.96. The number of rotatable bonds is 5. The van der Waals surface area contributed by atoms with Gasteiger partial charge in [0, 0.05) is 19.3 Å². The van der Waals surface area contributed by atoms with E-state index in [9.17, 15) is 12.8 Å². The Morgan fingerprint density at radius 3 is 2.63 bits per heavy atom. The van der Waals surface area contributed by atoms with Crippen molar-refractivity contribution < 1.29 is 17.5 Å². The Morgan fingerprint density at radius 2 is 2.16 bits per heavy atom. The fourth-order valence-electron chi connectivity index (χ4n) is 2.06. The lowest BCUT2D eigenvalue weighted by molar-refractivity contribution is -0.0659. The summed E-state index contributed by atoms with van der Waals surface area (Å²) < 4.78 is 45.4. The van der Waals surface area contributed by atoms with E-state index < -0.39 is 26.3 Å². The summed E-state index contributed by atoms with van der Waals surface area (Å²) in [6.07, 6.45) is 2.61. The molecule has 2 rings (SSSR count). The van der Waals surface area contributed by atoms with Gasteiger partial charge in [-0.1, -0.05) is 0 Å². The van der Waals surface area contributed by atoms with E-state index in [1.807, 2.05) is 0 Å². The van der Waals surface area contributed by atoms with Crippen molar-refractivity contribution in [2.75, 3.05) is 19.4 Å². The standard InChI is InChI=1S/C12H17FN2O3S/c1-18-12(5-2-6-12)8-15-19(16,17)11-4-3-9(14)7-10(11)13/h3-4,7,15H,2,5-6,8,14H2,1H3. The molecule has 0 heterocycles. The molecule has 0 saturated heterocycles. The Labute approximate surface area is 112 Å². The molecule has 1 aliphatic rings. The normalized spacial score (nSPS) is 18.0. The Bertz CT molecular complexity index is 565. The van der Waals surface area contributed by atoms with Gasteiger partial charge in [0.1, 0.15) is 10.7 Å². The third kappa shape index (κ3) is 2.88. The van der Waals surface area contributed by atoms with Gasteiger partial charge in [-0.25, -0.2) is 17.5 Å². The van der Waals surface area contributed by atoms with E-state index in [1.165, 1.54) is 6.07 Å². The van der Waals surface area contributed by atoms with Crippen LogP contribution in [-0.2, 0) is 14.8 Å². The van der Waals surface area contributed by atoms with E-state index in [-0.39, 0.29) is 12.2 Å². The van der Waals surface area contributed by atoms with E-state index in [0.29, 0.717) is 0 Å². The molecule has 1 aromatic carbocycles. The first kappa shape index (κ1) is 14.2. The second kappa shape index (κ2) is 5.07. The Hall–Kier alpha value is -1.18. The second-order valence-corrected chi connectivity index (χ2v) is 6.49. The highest BCUT2D eigenvalue weighted by Crippen LogP contribution is 2.34. The van der Waals surface area contributed by atoms with Gasteiger partial charge in [-0.3, -0.25) is 0 Å². The summed E-state index contributed by atoms with van der Waals surface area (Å²) >= 11 is 0. The average molecular weight is 288 g/mol. The molecule has 0 atom stereocenters. The highest BCUT2D eigenvalue weighted by atomic mass is 32.2. The first-order valence-corrected chi connectivity index (χ1v) is 7.47. The maximum atomic E-state index is 13.6. The zero-order valence-electron chi connectivity index (χ0n) is 10.6. The molecule has 0 radical (unpaired) electrons. The lowest BCUT2D eigenvalue weighted by Gasteiger charge is -2.40. The van der Waals surface area contributed by atoms with Crippen molar-refractivity contribution in [3.63, 3.8) is 0 Å². The van der Waals surface area contributed by atoms with Gasteiger partial charge in [0.15, 0.2) is 0 Å². The molecule has 106 valence electrons. The molecule has 0 unspecified atom stereocenters. The quantitative estimate of drug-likeness (QED) is 0.799. The van der Waals surface area contributed by atoms with Crippen LogP contribution < -0.4 is 10.5 Å². The van der Waals surface area contributed by atoms with E-state index >= 15 is 0 Å². The van der Waals surface area contributed by atoms with Crippen LogP contribution in [0, 0.1) is 5.82 Å². The van der Waals surface area contributed by atoms with Gasteiger partial charge in [-0.05, 0) is 37.5 Å². The van der Waals surface area contributed by atoms with Crippen LogP contribution in [0.15, 0.2) is 23.1 Å². The summed E-state index contributed by atoms with van der Waals surface area (Å²) in [5.74, 6) is -0.854. The number of anilines is 1. The number of nitrogens with two attached hydrogens (primary N) is 1. The van der Waals surface area contributed by atoms with Crippen LogP contribution in [0.2, 0.25) is 0 Å². The Kier molecular flexibility index (Phi) is 3.80. The molecule has 1 fully saturated rings. The molecule has 1 aromatic rings. The first-order valence-electron chi connectivity index (χ1n) is 5.98. The van der Waals surface area contributed by atoms with Crippen molar-refractivity contribution in [2.45, 2.75) is 29.8 Å². The van der Waals surface area contributed by atoms with E-state index in [0.717, 1.165) is 31.4 Å². The van der Waals surface area contributed by atoms with Crippen LogP contribution in [0.1, 0.15) is 19.3 Å². The predicted molar refractivity (Wildman–Crippen MR) is 69.6 cm³/mol. The largest absolute Gasteiger partial charge is 0.399 e. The lowest BCUT2D eigenvalue weighted by atomic mass is 9.80. The van der Waals surface area contributed by atoms with E-state index in [4.69, 9.17) is 10.5 Å². The molecule has 0 amide bonds. The zero-order chi connectivity index (χ0) is 14.1. The zero-order valence-corrected chi connectivity index (χ0v) is 11.5. The summed E-state index contributed by atoms with van der Waals surface area (Å²) in [6, 6.07) is 3.50. The molecule has 0 aliphatic heterocycles. The monoisotopic (exact) mass is 288 g/mol. The van der Waals surface area contributed by atoms with Gasteiger partial charge in [-0.15, -0.1) is 0 Å². The minimum absolute atomic E-state index is 0.148. The van der Waals surface area contributed by atoms with Crippen LogP contribution in [0.4, 0.5) is 10.1 Å². The Morgan fingerprint density at radius 1 is 1.47 bits per heavy atom. The second-order valence-electron chi connectivity index (χ2n) is 4.76. The number of ether oxygens (including phenoxy) is 1. The minimum Gasteiger partial charge on any atom is -0.399 e. The van der Waals surface area contributed by atoms with Crippen LogP contribution in [-0.4, -0.2) is 27.7 Å². The van der Waals surface area contributed by atoms with Gasteiger partial charge >= 0.3 is 0 Å². The predicted octanol–water partition coefficient (Wildman–Crippen LogP) is 1.26. The summed E-state index contributed by atoms with van der Waals surface area (Å²) in [6.45, 7) is 0.148. The van der Waals surface area contributed by atoms with Crippen molar-refractivity contribution in [3.05, 3.63) is 24.0 Å². The SMILES string of the molecule is COC1(CNS(=O)(=O)c2ccc(N)cc2F)CCC1. The average Bonchev–Trinajstić information content (AvgIpc) is 2.27. The topological polar surface area (TPSA) is 81.4 Å². The van der Waals surface area contributed by atoms with Crippen molar-refractivity contribution in [2.24, 2.45) is 0 Å². The highest BCUT2D eigenvalue weighted by Gasteiger charge is 2.38. The summed E-state index contributed by atoms with van der Waals surface area (Å²) in [4.78, 5) is -0.396. The van der Waals surface area contributed by atoms with E-state index in [1.54, 1.807) is 7.11 Å². The number of nitrogen functional groups attached to an aromatic ring is 1. The number of benzene rings is 1. The highest BCUT2D eigenvalue weighted by molar-refractivity contribution is 7.89. The smallest absolute Gasteiger partial charge is 0.243 e. The molecule has 19 heavy (non-hydrogen) atoms. The number of methoxy groups -OCH3 is 1. The molecule has 0 aromatic heterocycles. The van der Waals surface area contributed by atoms with Gasteiger partial charge < -0.3 is 10.5 Å². The number of nitrogens with one attached hydrogen (secondary N) is 1. The summed E-state index contributed by atoms with van der Waals surface area (Å²) in [5.41, 5.74) is 5.13. The molecular formula is C12H17FN2O3S. The molecule has 1 saturated carbocycles. The number of hydrogen-bond acceptors (Lipinski definition) is 4. The van der Waals surface area contributed by atoms with Crippen LogP contribution in [0.5, 0.6) is 0 Å². The van der Waals surface area contributed by atoms with Gasteiger partial charge in [0.05, 0.1) is 5.60 Å². The summed E-state index contributed by atoms with van der Waals surface area (Å²) in [5, 5.41) is 0. The van der Waals surface area contributed by atoms with E-state index in [2.05, 4.69) is 4.72 Å². The molecule has 7 heteroatoms. The van der Waals surface area contributed by atoms with Crippen LogP contribution in [0.3, 0.4) is 0 Å². The van der Waals surface area contributed by atoms with Crippen molar-refractivity contribution in [3.8, 4) is 0 Å². The molecule has 0 spiro atoms. The van der Waals surface area contributed by atoms with Crippen LogP contribution in [0.25, 0.3) is 0 Å². The summed E-state index contributed by atoms with van der Waals surface area (Å²) in [7, 11) is -2.33. The fourth-order valence-corrected chi connectivity index (χ4v) is 3.23. The third-order valence-electron chi connectivity index (χ3n) is 3.53. The molecule has 5 nitrogen and oxygen atoms in total. The molecule has 3 N–H and O–H groups in total. The lowest BCUT2D eigenvalue weighted by Crippen LogP contribution is -2.49. The van der Waals surface area contributed by atoms with Crippen LogP contribution >= 0.6 is 0 Å². The van der Waals surface area contributed by atoms with Gasteiger partial charge in [-0.2, -0.15) is 0 Å². The maximum Gasteiger partial charge on any atom is 0.243 e. The minimum atomic E-state index is -3.89.